The molecule has 0 saturated heterocycles. The molecule has 5 nitrogen and oxygen atoms in total. The van der Waals surface area contributed by atoms with E-state index < -0.39 is 22.0 Å². The van der Waals surface area contributed by atoms with Crippen LogP contribution < -0.4 is 4.31 Å². The van der Waals surface area contributed by atoms with Crippen LogP contribution in [0.4, 0.5) is 5.69 Å². The smallest absolute Gasteiger partial charge is 0.327 e. The number of fused-ring (bicyclic) bond motifs is 1. The molecular formula is C15H12ClNO4S. The largest absolute Gasteiger partial charge is 0.480 e. The standard InChI is InChI=1S/C15H12ClNO4S/c16-11-5-3-6-12(9-11)22(20,21)17-13-7-2-1-4-10(13)8-14(17)15(18)19/h1-7,9,14H,8H2,(H,18,19). The third kappa shape index (κ3) is 2.34. The van der Waals surface area contributed by atoms with Crippen molar-refractivity contribution in [2.75, 3.05) is 4.31 Å². The zero-order valence-electron chi connectivity index (χ0n) is 11.3. The molecular weight excluding hydrogens is 326 g/mol. The number of hydrogen-bond donors (Lipinski definition) is 1. The van der Waals surface area contributed by atoms with Crippen molar-refractivity contribution in [1.82, 2.24) is 0 Å². The van der Waals surface area contributed by atoms with Gasteiger partial charge in [-0.1, -0.05) is 35.9 Å². The minimum absolute atomic E-state index is 0.0250. The summed E-state index contributed by atoms with van der Waals surface area (Å²) < 4.78 is 26.7. The van der Waals surface area contributed by atoms with E-state index in [1.165, 1.54) is 18.2 Å². The van der Waals surface area contributed by atoms with Crippen molar-refractivity contribution in [3.05, 3.63) is 59.1 Å². The number of aliphatic carboxylic acids is 1. The predicted molar refractivity (Wildman–Crippen MR) is 82.7 cm³/mol. The first-order valence-electron chi connectivity index (χ1n) is 6.52. The van der Waals surface area contributed by atoms with Crippen LogP contribution in [0.25, 0.3) is 0 Å². The Morgan fingerprint density at radius 3 is 2.59 bits per heavy atom. The molecule has 1 unspecified atom stereocenters. The fourth-order valence-corrected chi connectivity index (χ4v) is 4.53. The van der Waals surface area contributed by atoms with E-state index in [-0.39, 0.29) is 16.3 Å². The summed E-state index contributed by atoms with van der Waals surface area (Å²) in [6.07, 6.45) is 0.144. The molecule has 1 aliphatic rings. The minimum Gasteiger partial charge on any atom is -0.480 e. The molecule has 0 amide bonds. The van der Waals surface area contributed by atoms with Crippen molar-refractivity contribution in [3.63, 3.8) is 0 Å². The zero-order valence-corrected chi connectivity index (χ0v) is 12.9. The average molecular weight is 338 g/mol. The Morgan fingerprint density at radius 2 is 1.91 bits per heavy atom. The molecule has 7 heteroatoms. The van der Waals surface area contributed by atoms with Crippen LogP contribution >= 0.6 is 11.6 Å². The first kappa shape index (κ1) is 14.9. The normalized spacial score (nSPS) is 17.3. The maximum Gasteiger partial charge on any atom is 0.327 e. The molecule has 114 valence electrons. The highest BCUT2D eigenvalue weighted by atomic mass is 35.5. The van der Waals surface area contributed by atoms with Gasteiger partial charge in [0.15, 0.2) is 0 Å². The van der Waals surface area contributed by atoms with Gasteiger partial charge in [0.05, 0.1) is 10.6 Å². The van der Waals surface area contributed by atoms with Gasteiger partial charge in [0.25, 0.3) is 10.0 Å². The van der Waals surface area contributed by atoms with Crippen molar-refractivity contribution < 1.29 is 18.3 Å². The Balaban J connectivity index is 2.17. The molecule has 1 N–H and O–H groups in total. The number of hydrogen-bond acceptors (Lipinski definition) is 3. The first-order chi connectivity index (χ1) is 10.4. The highest BCUT2D eigenvalue weighted by Crippen LogP contribution is 2.37. The monoisotopic (exact) mass is 337 g/mol. The van der Waals surface area contributed by atoms with Crippen LogP contribution in [0.2, 0.25) is 5.02 Å². The number of nitrogens with zero attached hydrogens (tertiary/aromatic N) is 1. The van der Waals surface area contributed by atoms with E-state index >= 15 is 0 Å². The van der Waals surface area contributed by atoms with E-state index in [1.807, 2.05) is 0 Å². The summed E-state index contributed by atoms with van der Waals surface area (Å²) in [6, 6.07) is 11.4. The number of anilines is 1. The Bertz CT molecular complexity index is 850. The molecule has 22 heavy (non-hydrogen) atoms. The molecule has 1 atom stereocenters. The lowest BCUT2D eigenvalue weighted by Crippen LogP contribution is -2.42. The second-order valence-corrected chi connectivity index (χ2v) is 7.20. The van der Waals surface area contributed by atoms with Crippen LogP contribution in [0, 0.1) is 0 Å². The van der Waals surface area contributed by atoms with Crippen molar-refractivity contribution in [2.24, 2.45) is 0 Å². The number of halogens is 1. The number of carboxylic acids is 1. The summed E-state index contributed by atoms with van der Waals surface area (Å²) in [7, 11) is -4.00. The van der Waals surface area contributed by atoms with Gasteiger partial charge >= 0.3 is 5.97 Å². The summed E-state index contributed by atoms with van der Waals surface area (Å²) in [5.74, 6) is -1.18. The van der Waals surface area contributed by atoms with Crippen LogP contribution in [-0.4, -0.2) is 25.5 Å². The number of rotatable bonds is 3. The average Bonchev–Trinajstić information content (AvgIpc) is 2.87. The molecule has 3 rings (SSSR count). The molecule has 0 spiro atoms. The molecule has 0 aliphatic carbocycles. The SMILES string of the molecule is O=C(O)C1Cc2ccccc2N1S(=O)(=O)c1cccc(Cl)c1. The van der Waals surface area contributed by atoms with Gasteiger partial charge in [-0.05, 0) is 29.8 Å². The lowest BCUT2D eigenvalue weighted by Gasteiger charge is -2.24. The molecule has 0 fully saturated rings. The topological polar surface area (TPSA) is 74.7 Å². The van der Waals surface area contributed by atoms with Gasteiger partial charge in [0.1, 0.15) is 6.04 Å². The second-order valence-electron chi connectivity index (χ2n) is 4.95. The van der Waals surface area contributed by atoms with E-state index in [1.54, 1.807) is 30.3 Å². The van der Waals surface area contributed by atoms with Gasteiger partial charge in [-0.3, -0.25) is 4.31 Å². The van der Waals surface area contributed by atoms with E-state index in [4.69, 9.17) is 11.6 Å². The third-order valence-electron chi connectivity index (χ3n) is 3.56. The summed E-state index contributed by atoms with van der Waals surface area (Å²) in [5.41, 5.74) is 1.09. The van der Waals surface area contributed by atoms with Crippen LogP contribution in [0.3, 0.4) is 0 Å². The highest BCUT2D eigenvalue weighted by molar-refractivity contribution is 7.93. The quantitative estimate of drug-likeness (QED) is 0.934. The van der Waals surface area contributed by atoms with Crippen molar-refractivity contribution >= 4 is 33.3 Å². The van der Waals surface area contributed by atoms with Gasteiger partial charge < -0.3 is 5.11 Å². The van der Waals surface area contributed by atoms with E-state index in [2.05, 4.69) is 0 Å². The maximum absolute atomic E-state index is 12.9. The molecule has 0 saturated carbocycles. The van der Waals surface area contributed by atoms with Gasteiger partial charge in [0, 0.05) is 11.4 Å². The molecule has 1 heterocycles. The number of para-hydroxylation sites is 1. The Labute approximate surface area is 132 Å². The molecule has 0 radical (unpaired) electrons. The summed E-state index contributed by atoms with van der Waals surface area (Å²) >= 11 is 5.86. The van der Waals surface area contributed by atoms with Crippen molar-refractivity contribution in [3.8, 4) is 0 Å². The molecule has 0 aromatic heterocycles. The van der Waals surface area contributed by atoms with E-state index in [0.29, 0.717) is 11.3 Å². The maximum atomic E-state index is 12.9. The zero-order chi connectivity index (χ0) is 15.9. The van der Waals surface area contributed by atoms with E-state index in [0.717, 1.165) is 4.31 Å². The number of sulfonamides is 1. The number of benzene rings is 2. The Morgan fingerprint density at radius 1 is 1.18 bits per heavy atom. The fraction of sp³-hybridized carbons (Fsp3) is 0.133. The van der Waals surface area contributed by atoms with Gasteiger partial charge in [-0.25, -0.2) is 13.2 Å². The second kappa shape index (κ2) is 5.30. The Kier molecular flexibility index (Phi) is 3.58. The van der Waals surface area contributed by atoms with Crippen molar-refractivity contribution in [1.29, 1.82) is 0 Å². The minimum atomic E-state index is -4.00. The predicted octanol–water partition coefficient (Wildman–Crippen LogP) is 2.54. The summed E-state index contributed by atoms with van der Waals surface area (Å²) in [6.45, 7) is 0. The van der Waals surface area contributed by atoms with Crippen LogP contribution in [0.5, 0.6) is 0 Å². The van der Waals surface area contributed by atoms with E-state index in [9.17, 15) is 18.3 Å². The molecule has 2 aromatic rings. The molecule has 1 aliphatic heterocycles. The highest BCUT2D eigenvalue weighted by Gasteiger charge is 2.42. The number of carbonyl (C=O) groups is 1. The Hall–Kier alpha value is -2.05. The van der Waals surface area contributed by atoms with Crippen LogP contribution in [0.1, 0.15) is 5.56 Å². The van der Waals surface area contributed by atoms with Gasteiger partial charge in [0.2, 0.25) is 0 Å². The van der Waals surface area contributed by atoms with Crippen molar-refractivity contribution in [2.45, 2.75) is 17.4 Å². The van der Waals surface area contributed by atoms with Gasteiger partial charge in [-0.15, -0.1) is 0 Å². The lowest BCUT2D eigenvalue weighted by atomic mass is 10.1. The fourth-order valence-electron chi connectivity index (χ4n) is 2.58. The summed E-state index contributed by atoms with van der Waals surface area (Å²) in [5, 5.41) is 9.67. The first-order valence-corrected chi connectivity index (χ1v) is 8.34. The van der Waals surface area contributed by atoms with Crippen LogP contribution in [-0.2, 0) is 21.2 Å². The van der Waals surface area contributed by atoms with Gasteiger partial charge in [-0.2, -0.15) is 0 Å². The van der Waals surface area contributed by atoms with Crippen LogP contribution in [0.15, 0.2) is 53.4 Å². The third-order valence-corrected chi connectivity index (χ3v) is 5.62. The molecule has 2 aromatic carbocycles. The number of carboxylic acid groups (broad SMARTS) is 1. The lowest BCUT2D eigenvalue weighted by molar-refractivity contribution is -0.138. The summed E-state index contributed by atoms with van der Waals surface area (Å²) in [4.78, 5) is 11.5. The molecule has 0 bridgehead atoms.